The van der Waals surface area contributed by atoms with Crippen molar-refractivity contribution in [2.75, 3.05) is 13.2 Å². The Kier molecular flexibility index (Phi) is 12.5. The summed E-state index contributed by atoms with van der Waals surface area (Å²) in [5, 5.41) is 16.2. The molecule has 3 aromatic rings. The molecule has 38 heavy (non-hydrogen) atoms. The average Bonchev–Trinajstić information content (AvgIpc) is 3.35. The lowest BCUT2D eigenvalue weighted by Gasteiger charge is -2.06. The van der Waals surface area contributed by atoms with Crippen LogP contribution in [0, 0.1) is 0 Å². The lowest BCUT2D eigenvalue weighted by Crippen LogP contribution is -2.11. The molecule has 202 valence electrons. The first-order chi connectivity index (χ1) is 18.6. The molecule has 3 rings (SSSR count). The molecule has 0 saturated heterocycles. The van der Waals surface area contributed by atoms with E-state index in [1.54, 1.807) is 48.5 Å². The summed E-state index contributed by atoms with van der Waals surface area (Å²) in [6, 6.07) is 17.0. The Morgan fingerprint density at radius 2 is 1.00 bits per heavy atom. The van der Waals surface area contributed by atoms with Gasteiger partial charge in [-0.3, -0.25) is 13.1 Å². The summed E-state index contributed by atoms with van der Waals surface area (Å²) in [4.78, 5) is 0. The van der Waals surface area contributed by atoms with E-state index in [-0.39, 0.29) is 11.6 Å². The molecule has 0 atom stereocenters. The van der Waals surface area contributed by atoms with Gasteiger partial charge in [0.2, 0.25) is 0 Å². The second-order valence-corrected chi connectivity index (χ2v) is 8.90. The number of halogens is 2. The summed E-state index contributed by atoms with van der Waals surface area (Å²) in [6.07, 6.45) is 9.09. The van der Waals surface area contributed by atoms with E-state index in [9.17, 15) is 8.63 Å². The molecule has 0 unspecified atom stereocenters. The van der Waals surface area contributed by atoms with E-state index in [4.69, 9.17) is 9.47 Å². The van der Waals surface area contributed by atoms with Crippen molar-refractivity contribution in [1.29, 1.82) is 0 Å². The number of azo groups is 2. The van der Waals surface area contributed by atoms with Gasteiger partial charge in [0.15, 0.2) is 0 Å². The molecule has 1 heterocycles. The Labute approximate surface area is 224 Å². The molecule has 0 radical (unpaired) electrons. The van der Waals surface area contributed by atoms with Crippen molar-refractivity contribution in [1.82, 2.24) is 4.48 Å². The minimum Gasteiger partial charge on any atom is -0.494 e. The predicted molar refractivity (Wildman–Crippen MR) is 148 cm³/mol. The van der Waals surface area contributed by atoms with Crippen LogP contribution in [0.4, 0.5) is 31.6 Å². The van der Waals surface area contributed by atoms with E-state index < -0.39 is 7.40 Å². The topological polar surface area (TPSA) is 72.8 Å². The molecule has 10 heteroatoms. The molecule has 0 spiro atoms. The van der Waals surface area contributed by atoms with Crippen LogP contribution in [0.25, 0.3) is 0 Å². The van der Waals surface area contributed by atoms with Crippen LogP contribution in [-0.2, 0) is 0 Å². The van der Waals surface area contributed by atoms with Crippen LogP contribution in [0.3, 0.4) is 0 Å². The predicted octanol–water partition coefficient (Wildman–Crippen LogP) is 10.0. The van der Waals surface area contributed by atoms with E-state index in [0.717, 1.165) is 37.2 Å². The van der Waals surface area contributed by atoms with Gasteiger partial charge in [0.25, 0.3) is 0 Å². The highest BCUT2D eigenvalue weighted by atomic mass is 19.2. The number of nitrogens with zero attached hydrogens (tertiary/aromatic N) is 5. The van der Waals surface area contributed by atoms with Gasteiger partial charge in [-0.15, -0.1) is 20.5 Å². The fourth-order valence-corrected chi connectivity index (χ4v) is 3.66. The zero-order valence-electron chi connectivity index (χ0n) is 22.2. The molecule has 2 aromatic carbocycles. The highest BCUT2D eigenvalue weighted by Crippen LogP contribution is 2.30. The summed E-state index contributed by atoms with van der Waals surface area (Å²) in [7, 11) is -2.85. The molecule has 0 bridgehead atoms. The molecule has 0 N–H and O–H groups in total. The first kappa shape index (κ1) is 29.0. The standard InChI is InChI=1S/C28H36BF2N5O2/c1-3-5-7-9-21-37-25-15-11-23(12-16-25)32-34-27-19-20-28(36(27)29(30)31)35-33-24-13-17-26(18-14-24)38-22-10-8-6-4-2/h11-20H,3-10,21-22H2,1-2H3. The SMILES string of the molecule is CCCCCCOc1ccc(N=Nc2ccc(N=Nc3ccc(OCCCCCC)cc3)n2B(F)F)cc1. The number of benzene rings is 2. The maximum Gasteiger partial charge on any atom is 0.680 e. The third kappa shape index (κ3) is 9.72. The molecular weight excluding hydrogens is 487 g/mol. The monoisotopic (exact) mass is 523 g/mol. The summed E-state index contributed by atoms with van der Waals surface area (Å²) in [5.41, 5.74) is 1.06. The quantitative estimate of drug-likeness (QED) is 0.100. The molecule has 0 saturated carbocycles. The Morgan fingerprint density at radius 3 is 1.37 bits per heavy atom. The van der Waals surface area contributed by atoms with Gasteiger partial charge in [0, 0.05) is 0 Å². The second-order valence-electron chi connectivity index (χ2n) is 8.90. The normalized spacial score (nSPS) is 11.5. The molecular formula is C28H36BF2N5O2. The van der Waals surface area contributed by atoms with Crippen LogP contribution >= 0.6 is 0 Å². The van der Waals surface area contributed by atoms with Crippen LogP contribution in [-0.4, -0.2) is 25.1 Å². The summed E-state index contributed by atoms with van der Waals surface area (Å²) in [5.74, 6) is 1.45. The number of hydrogen-bond acceptors (Lipinski definition) is 6. The van der Waals surface area contributed by atoms with Crippen LogP contribution in [0.15, 0.2) is 81.1 Å². The van der Waals surface area contributed by atoms with Crippen molar-refractivity contribution in [2.45, 2.75) is 65.2 Å². The van der Waals surface area contributed by atoms with Gasteiger partial charge >= 0.3 is 7.40 Å². The number of rotatable bonds is 17. The molecule has 0 aliphatic heterocycles. The Hall–Kier alpha value is -3.56. The largest absolute Gasteiger partial charge is 0.680 e. The number of unbranched alkanes of at least 4 members (excludes halogenated alkanes) is 6. The Morgan fingerprint density at radius 1 is 0.579 bits per heavy atom. The van der Waals surface area contributed by atoms with Crippen LogP contribution in [0.2, 0.25) is 0 Å². The van der Waals surface area contributed by atoms with Gasteiger partial charge in [-0.25, -0.2) is 0 Å². The maximum atomic E-state index is 13.8. The van der Waals surface area contributed by atoms with Crippen molar-refractivity contribution in [2.24, 2.45) is 20.5 Å². The minimum atomic E-state index is -2.85. The first-order valence-corrected chi connectivity index (χ1v) is 13.4. The van der Waals surface area contributed by atoms with Crippen molar-refractivity contribution >= 4 is 30.4 Å². The molecule has 0 aliphatic rings. The summed E-state index contributed by atoms with van der Waals surface area (Å²) < 4.78 is 39.7. The third-order valence-electron chi connectivity index (χ3n) is 5.81. The molecule has 0 aliphatic carbocycles. The molecule has 1 aromatic heterocycles. The minimum absolute atomic E-state index is 0.0166. The van der Waals surface area contributed by atoms with Gasteiger partial charge in [-0.1, -0.05) is 52.4 Å². The van der Waals surface area contributed by atoms with E-state index in [1.807, 2.05) is 0 Å². The van der Waals surface area contributed by atoms with Gasteiger partial charge < -0.3 is 9.47 Å². The smallest absolute Gasteiger partial charge is 0.494 e. The highest BCUT2D eigenvalue weighted by molar-refractivity contribution is 6.42. The zero-order valence-corrected chi connectivity index (χ0v) is 22.2. The van der Waals surface area contributed by atoms with Crippen LogP contribution < -0.4 is 9.47 Å². The fourth-order valence-electron chi connectivity index (χ4n) is 3.66. The Balaban J connectivity index is 1.57. The summed E-state index contributed by atoms with van der Waals surface area (Å²) >= 11 is 0. The van der Waals surface area contributed by atoms with E-state index in [2.05, 4.69) is 34.3 Å². The lowest BCUT2D eigenvalue weighted by molar-refractivity contribution is 0.305. The van der Waals surface area contributed by atoms with E-state index in [0.29, 0.717) is 29.1 Å². The number of ether oxygens (including phenoxy) is 2. The molecule has 0 amide bonds. The number of aromatic nitrogens is 1. The van der Waals surface area contributed by atoms with Gasteiger partial charge in [-0.2, -0.15) is 0 Å². The summed E-state index contributed by atoms with van der Waals surface area (Å²) in [6.45, 7) is 5.67. The maximum absolute atomic E-state index is 13.8. The lowest BCUT2D eigenvalue weighted by atomic mass is 10.2. The van der Waals surface area contributed by atoms with Gasteiger partial charge in [0.05, 0.1) is 24.6 Å². The van der Waals surface area contributed by atoms with Gasteiger partial charge in [0.1, 0.15) is 23.1 Å². The van der Waals surface area contributed by atoms with Crippen molar-refractivity contribution in [3.8, 4) is 11.5 Å². The average molecular weight is 523 g/mol. The number of hydrogen-bond donors (Lipinski definition) is 0. The highest BCUT2D eigenvalue weighted by Gasteiger charge is 2.24. The van der Waals surface area contributed by atoms with E-state index >= 15 is 0 Å². The van der Waals surface area contributed by atoms with Crippen molar-refractivity contribution < 1.29 is 18.1 Å². The first-order valence-electron chi connectivity index (χ1n) is 13.4. The zero-order chi connectivity index (χ0) is 27.0. The fraction of sp³-hybridized carbons (Fsp3) is 0.429. The van der Waals surface area contributed by atoms with Crippen molar-refractivity contribution in [3.05, 3.63) is 60.7 Å². The van der Waals surface area contributed by atoms with Gasteiger partial charge in [-0.05, 0) is 73.5 Å². The Bertz CT molecular complexity index is 1050. The molecule has 0 fully saturated rings. The second kappa shape index (κ2) is 16.3. The molecule has 7 nitrogen and oxygen atoms in total. The van der Waals surface area contributed by atoms with E-state index in [1.165, 1.54) is 37.8 Å². The van der Waals surface area contributed by atoms with Crippen LogP contribution in [0.5, 0.6) is 11.5 Å². The van der Waals surface area contributed by atoms with Crippen LogP contribution in [0.1, 0.15) is 65.2 Å². The van der Waals surface area contributed by atoms with Crippen molar-refractivity contribution in [3.63, 3.8) is 0 Å². The third-order valence-corrected chi connectivity index (χ3v) is 5.81.